The van der Waals surface area contributed by atoms with Crippen LogP contribution >= 0.6 is 0 Å². The molecule has 0 spiro atoms. The Labute approximate surface area is 123 Å². The fraction of sp³-hybridized carbons (Fsp3) is 0.385. The van der Waals surface area contributed by atoms with Crippen LogP contribution < -0.4 is 9.46 Å². The van der Waals surface area contributed by atoms with Gasteiger partial charge in [-0.05, 0) is 37.6 Å². The number of aromatic amines is 1. The lowest BCUT2D eigenvalue weighted by atomic mass is 10.3. The van der Waals surface area contributed by atoms with Crippen molar-refractivity contribution in [3.05, 3.63) is 36.4 Å². The van der Waals surface area contributed by atoms with Gasteiger partial charge in [0.2, 0.25) is 10.0 Å². The Hall–Kier alpha value is -1.93. The highest BCUT2D eigenvalue weighted by Gasteiger charge is 2.13. The number of aryl methyl sites for hydroxylation is 1. The molecule has 1 aromatic heterocycles. The number of nitrogens with one attached hydrogen (secondary N) is 2. The zero-order valence-electron chi connectivity index (χ0n) is 11.7. The predicted octanol–water partition coefficient (Wildman–Crippen LogP) is 1.11. The van der Waals surface area contributed by atoms with Crippen molar-refractivity contribution in [2.24, 2.45) is 0 Å². The average Bonchev–Trinajstić information content (AvgIpc) is 2.98. The summed E-state index contributed by atoms with van der Waals surface area (Å²) in [5.41, 5.74) is 0. The van der Waals surface area contributed by atoms with Gasteiger partial charge in [-0.15, -0.1) is 0 Å². The summed E-state index contributed by atoms with van der Waals surface area (Å²) in [4.78, 5) is 4.21. The molecule has 2 rings (SSSR count). The van der Waals surface area contributed by atoms with Gasteiger partial charge in [0.1, 0.15) is 17.9 Å². The molecule has 0 saturated heterocycles. The number of hydrogen-bond acceptors (Lipinski definition) is 5. The van der Waals surface area contributed by atoms with E-state index in [0.29, 0.717) is 31.7 Å². The van der Waals surface area contributed by atoms with Crippen LogP contribution in [0, 0.1) is 0 Å². The molecule has 7 nitrogen and oxygen atoms in total. The van der Waals surface area contributed by atoms with Crippen molar-refractivity contribution in [1.29, 1.82) is 0 Å². The maximum Gasteiger partial charge on any atom is 0.240 e. The van der Waals surface area contributed by atoms with Gasteiger partial charge in [0.25, 0.3) is 0 Å². The third kappa shape index (κ3) is 4.54. The first kappa shape index (κ1) is 15.5. The molecule has 0 aliphatic carbocycles. The summed E-state index contributed by atoms with van der Waals surface area (Å²) < 4.78 is 32.0. The van der Waals surface area contributed by atoms with Crippen LogP contribution in [0.5, 0.6) is 5.75 Å². The molecule has 2 N–H and O–H groups in total. The van der Waals surface area contributed by atoms with Crippen molar-refractivity contribution in [2.75, 3.05) is 13.2 Å². The van der Waals surface area contributed by atoms with Crippen molar-refractivity contribution in [1.82, 2.24) is 19.9 Å². The van der Waals surface area contributed by atoms with E-state index in [2.05, 4.69) is 19.9 Å². The predicted molar refractivity (Wildman–Crippen MR) is 77.5 cm³/mol. The number of benzene rings is 1. The molecule has 0 unspecified atom stereocenters. The minimum Gasteiger partial charge on any atom is -0.494 e. The fourth-order valence-electron chi connectivity index (χ4n) is 1.78. The average molecular weight is 310 g/mol. The van der Waals surface area contributed by atoms with Crippen molar-refractivity contribution in [2.45, 2.75) is 24.7 Å². The smallest absolute Gasteiger partial charge is 0.240 e. The number of H-pyrrole nitrogens is 1. The van der Waals surface area contributed by atoms with Gasteiger partial charge in [0.15, 0.2) is 0 Å². The lowest BCUT2D eigenvalue weighted by Gasteiger charge is -2.07. The zero-order chi connectivity index (χ0) is 15.1. The number of ether oxygens (including phenoxy) is 1. The van der Waals surface area contributed by atoms with E-state index in [9.17, 15) is 8.42 Å². The topological polar surface area (TPSA) is 97.0 Å². The quantitative estimate of drug-likeness (QED) is 0.712. The second kappa shape index (κ2) is 7.19. The number of sulfonamides is 1. The van der Waals surface area contributed by atoms with Crippen LogP contribution in [0.3, 0.4) is 0 Å². The van der Waals surface area contributed by atoms with Gasteiger partial charge >= 0.3 is 0 Å². The molecule has 0 saturated carbocycles. The number of hydrogen-bond donors (Lipinski definition) is 2. The van der Waals surface area contributed by atoms with Crippen LogP contribution in [0.4, 0.5) is 0 Å². The maximum atomic E-state index is 12.1. The van der Waals surface area contributed by atoms with Gasteiger partial charge in [-0.25, -0.2) is 18.1 Å². The van der Waals surface area contributed by atoms with Gasteiger partial charge in [-0.2, -0.15) is 5.10 Å². The van der Waals surface area contributed by atoms with Crippen molar-refractivity contribution >= 4 is 10.0 Å². The number of aromatic nitrogens is 3. The first-order valence-electron chi connectivity index (χ1n) is 6.68. The lowest BCUT2D eigenvalue weighted by molar-refractivity contribution is 0.340. The fourth-order valence-corrected chi connectivity index (χ4v) is 2.85. The third-order valence-corrected chi connectivity index (χ3v) is 4.27. The summed E-state index contributed by atoms with van der Waals surface area (Å²) in [5.74, 6) is 1.40. The van der Waals surface area contributed by atoms with Crippen molar-refractivity contribution in [3.8, 4) is 5.75 Å². The Kier molecular flexibility index (Phi) is 5.29. The molecule has 0 aliphatic rings. The summed E-state index contributed by atoms with van der Waals surface area (Å²) in [7, 11) is -3.48. The molecule has 0 atom stereocenters. The molecule has 0 amide bonds. The highest BCUT2D eigenvalue weighted by Crippen LogP contribution is 2.15. The minimum atomic E-state index is -3.48. The molecule has 8 heteroatoms. The maximum absolute atomic E-state index is 12.1. The minimum absolute atomic E-state index is 0.227. The van der Waals surface area contributed by atoms with E-state index < -0.39 is 10.0 Å². The van der Waals surface area contributed by atoms with Crippen molar-refractivity contribution in [3.63, 3.8) is 0 Å². The molecule has 1 heterocycles. The van der Waals surface area contributed by atoms with Gasteiger partial charge in [-0.3, -0.25) is 5.10 Å². The number of nitrogens with zero attached hydrogens (tertiary/aromatic N) is 2. The molecule has 1 aromatic carbocycles. The van der Waals surface area contributed by atoms with Gasteiger partial charge < -0.3 is 4.74 Å². The summed E-state index contributed by atoms with van der Waals surface area (Å²) in [6, 6.07) is 6.35. The summed E-state index contributed by atoms with van der Waals surface area (Å²) in [5, 5.41) is 6.47. The zero-order valence-corrected chi connectivity index (χ0v) is 12.6. The highest BCUT2D eigenvalue weighted by molar-refractivity contribution is 7.89. The molecule has 0 aliphatic heterocycles. The Morgan fingerprint density at radius 3 is 2.67 bits per heavy atom. The molecular formula is C13H18N4O3S. The second-order valence-electron chi connectivity index (χ2n) is 4.34. The molecule has 114 valence electrons. The van der Waals surface area contributed by atoms with Crippen LogP contribution in [-0.4, -0.2) is 36.8 Å². The van der Waals surface area contributed by atoms with E-state index >= 15 is 0 Å². The van der Waals surface area contributed by atoms with Crippen LogP contribution in [0.25, 0.3) is 0 Å². The SMILES string of the molecule is CCOc1ccc(S(=O)(=O)NCCCc2ncn[nH]2)cc1. The van der Waals surface area contributed by atoms with Crippen LogP contribution in [0.15, 0.2) is 35.5 Å². The summed E-state index contributed by atoms with van der Waals surface area (Å²) in [6.07, 6.45) is 2.72. The Morgan fingerprint density at radius 2 is 2.05 bits per heavy atom. The Morgan fingerprint density at radius 1 is 1.29 bits per heavy atom. The molecular weight excluding hydrogens is 292 g/mol. The van der Waals surface area contributed by atoms with E-state index in [0.717, 1.165) is 5.82 Å². The normalized spacial score (nSPS) is 11.5. The third-order valence-electron chi connectivity index (χ3n) is 2.79. The van der Waals surface area contributed by atoms with Crippen LogP contribution in [0.2, 0.25) is 0 Å². The van der Waals surface area contributed by atoms with E-state index in [1.165, 1.54) is 18.5 Å². The lowest BCUT2D eigenvalue weighted by Crippen LogP contribution is -2.25. The van der Waals surface area contributed by atoms with Crippen LogP contribution in [0.1, 0.15) is 19.2 Å². The standard InChI is InChI=1S/C13H18N4O3S/c1-2-20-11-5-7-12(8-6-11)21(18,19)16-9-3-4-13-14-10-15-17-13/h5-8,10,16H,2-4,9H2,1H3,(H,14,15,17). The van der Waals surface area contributed by atoms with E-state index in [-0.39, 0.29) is 4.90 Å². The molecule has 0 bridgehead atoms. The molecule has 0 fully saturated rings. The van der Waals surface area contributed by atoms with E-state index in [1.54, 1.807) is 12.1 Å². The monoisotopic (exact) mass is 310 g/mol. The largest absolute Gasteiger partial charge is 0.494 e. The van der Waals surface area contributed by atoms with Gasteiger partial charge in [0, 0.05) is 13.0 Å². The Balaban J connectivity index is 1.85. The van der Waals surface area contributed by atoms with Crippen molar-refractivity contribution < 1.29 is 13.2 Å². The summed E-state index contributed by atoms with van der Waals surface area (Å²) in [6.45, 7) is 2.77. The summed E-state index contributed by atoms with van der Waals surface area (Å²) >= 11 is 0. The molecule has 21 heavy (non-hydrogen) atoms. The first-order chi connectivity index (χ1) is 10.1. The highest BCUT2D eigenvalue weighted by atomic mass is 32.2. The number of rotatable bonds is 8. The van der Waals surface area contributed by atoms with Crippen LogP contribution in [-0.2, 0) is 16.4 Å². The van der Waals surface area contributed by atoms with Gasteiger partial charge in [0.05, 0.1) is 11.5 Å². The van der Waals surface area contributed by atoms with Gasteiger partial charge in [-0.1, -0.05) is 0 Å². The second-order valence-corrected chi connectivity index (χ2v) is 6.10. The first-order valence-corrected chi connectivity index (χ1v) is 8.17. The molecule has 2 aromatic rings. The van der Waals surface area contributed by atoms with E-state index in [4.69, 9.17) is 4.74 Å². The Bertz CT molecular complexity index is 639. The van der Waals surface area contributed by atoms with E-state index in [1.807, 2.05) is 6.92 Å². The molecule has 0 radical (unpaired) electrons.